The van der Waals surface area contributed by atoms with E-state index in [0.29, 0.717) is 0 Å². The molecule has 0 bridgehead atoms. The molecular formula is C31H66NO2+. The van der Waals surface area contributed by atoms with Crippen LogP contribution in [0.1, 0.15) is 175 Å². The van der Waals surface area contributed by atoms with Crippen LogP contribution in [0.15, 0.2) is 0 Å². The topological polar surface area (TPSA) is 18.5 Å². The van der Waals surface area contributed by atoms with Gasteiger partial charge in [0, 0.05) is 0 Å². The Morgan fingerprint density at radius 1 is 0.471 bits per heavy atom. The predicted molar refractivity (Wildman–Crippen MR) is 151 cm³/mol. The number of rotatable bonds is 28. The monoisotopic (exact) mass is 485 g/mol. The van der Waals surface area contributed by atoms with E-state index < -0.39 is 0 Å². The molecule has 0 fully saturated rings. The fourth-order valence-electron chi connectivity index (χ4n) is 4.84. The van der Waals surface area contributed by atoms with E-state index in [1.54, 1.807) is 0 Å². The minimum Gasteiger partial charge on any atom is -0.169 e. The zero-order valence-electron chi connectivity index (χ0n) is 24.5. The molecule has 0 aliphatic heterocycles. The molecule has 0 spiro atoms. The standard InChI is InChI=1S/C31H66NO2/c1-6-8-10-12-14-16-18-20-22-24-26-28-30-33-32(4,5)34-31(3)29-27-25-23-21-19-17-15-13-11-9-7-2/h31H,6-30H2,1-5H3/q+1. The second kappa shape index (κ2) is 26.0. The molecule has 0 heterocycles. The van der Waals surface area contributed by atoms with Crippen molar-refractivity contribution < 1.29 is 14.5 Å². The van der Waals surface area contributed by atoms with Crippen LogP contribution in [-0.4, -0.2) is 31.6 Å². The number of hydrogen-bond acceptors (Lipinski definition) is 2. The molecule has 0 rings (SSSR count). The van der Waals surface area contributed by atoms with Crippen LogP contribution in [0.5, 0.6) is 0 Å². The van der Waals surface area contributed by atoms with Crippen LogP contribution in [0, 0.1) is 0 Å². The zero-order valence-corrected chi connectivity index (χ0v) is 24.5. The molecule has 0 aromatic heterocycles. The van der Waals surface area contributed by atoms with Gasteiger partial charge in [-0.25, -0.2) is 0 Å². The first-order chi connectivity index (χ1) is 16.5. The SMILES string of the molecule is CCCCCCCCCCCCCCO[N+](C)(C)OC(C)CCCCCCCCCCCCC. The second-order valence-corrected chi connectivity index (χ2v) is 11.2. The van der Waals surface area contributed by atoms with Crippen LogP contribution >= 0.6 is 0 Å². The van der Waals surface area contributed by atoms with Crippen molar-refractivity contribution in [2.75, 3.05) is 20.7 Å². The Kier molecular flexibility index (Phi) is 25.9. The fourth-order valence-corrected chi connectivity index (χ4v) is 4.84. The van der Waals surface area contributed by atoms with E-state index in [2.05, 4.69) is 20.8 Å². The normalized spacial score (nSPS) is 13.0. The zero-order chi connectivity index (χ0) is 25.2. The van der Waals surface area contributed by atoms with Gasteiger partial charge in [-0.05, 0) is 24.6 Å². The molecule has 0 saturated heterocycles. The van der Waals surface area contributed by atoms with Gasteiger partial charge in [-0.2, -0.15) is 9.68 Å². The summed E-state index contributed by atoms with van der Waals surface area (Å²) in [5.74, 6) is 0. The van der Waals surface area contributed by atoms with Crippen LogP contribution in [0.25, 0.3) is 0 Å². The summed E-state index contributed by atoms with van der Waals surface area (Å²) in [6, 6.07) is 0. The summed E-state index contributed by atoms with van der Waals surface area (Å²) in [5.41, 5.74) is 0. The molecule has 0 N–H and O–H groups in total. The lowest BCUT2D eigenvalue weighted by atomic mass is 10.0. The van der Waals surface area contributed by atoms with Crippen molar-refractivity contribution in [1.29, 1.82) is 0 Å². The molecule has 0 amide bonds. The van der Waals surface area contributed by atoms with E-state index in [-0.39, 0.29) is 10.9 Å². The quantitative estimate of drug-likeness (QED) is 0.0624. The van der Waals surface area contributed by atoms with E-state index in [1.165, 1.54) is 141 Å². The summed E-state index contributed by atoms with van der Waals surface area (Å²) in [7, 11) is 4.05. The molecule has 0 radical (unpaired) electrons. The molecule has 0 aromatic rings. The Morgan fingerprint density at radius 2 is 0.794 bits per heavy atom. The van der Waals surface area contributed by atoms with Crippen LogP contribution in [0.2, 0.25) is 0 Å². The van der Waals surface area contributed by atoms with Gasteiger partial charge >= 0.3 is 0 Å². The number of hydroxylamine groups is 4. The minimum atomic E-state index is 0.233. The second-order valence-electron chi connectivity index (χ2n) is 11.2. The molecule has 1 unspecified atom stereocenters. The van der Waals surface area contributed by atoms with Crippen molar-refractivity contribution >= 4 is 0 Å². The molecule has 3 nitrogen and oxygen atoms in total. The van der Waals surface area contributed by atoms with Crippen molar-refractivity contribution in [3.05, 3.63) is 0 Å². The average Bonchev–Trinajstić information content (AvgIpc) is 2.80. The Bertz CT molecular complexity index is 386. The van der Waals surface area contributed by atoms with Crippen LogP contribution in [0.4, 0.5) is 0 Å². The first-order valence-corrected chi connectivity index (χ1v) is 15.7. The third kappa shape index (κ3) is 26.5. The van der Waals surface area contributed by atoms with Gasteiger partial charge in [0.1, 0.15) is 26.8 Å². The van der Waals surface area contributed by atoms with Crippen molar-refractivity contribution in [3.8, 4) is 0 Å². The summed E-state index contributed by atoms with van der Waals surface area (Å²) >= 11 is 0. The highest BCUT2D eigenvalue weighted by molar-refractivity contribution is 4.52. The maximum atomic E-state index is 6.15. The van der Waals surface area contributed by atoms with Crippen molar-refractivity contribution in [2.45, 2.75) is 181 Å². The maximum Gasteiger partial charge on any atom is 0.132 e. The Morgan fingerprint density at radius 3 is 1.18 bits per heavy atom. The van der Waals surface area contributed by atoms with Gasteiger partial charge in [0.15, 0.2) is 0 Å². The third-order valence-electron chi connectivity index (χ3n) is 7.05. The van der Waals surface area contributed by atoms with Crippen LogP contribution in [0.3, 0.4) is 0 Å². The lowest BCUT2D eigenvalue weighted by Gasteiger charge is -2.27. The molecule has 0 aliphatic rings. The van der Waals surface area contributed by atoms with E-state index >= 15 is 0 Å². The third-order valence-corrected chi connectivity index (χ3v) is 7.05. The highest BCUT2D eigenvalue weighted by Crippen LogP contribution is 2.16. The number of unbranched alkanes of at least 4 members (excludes halogenated alkanes) is 21. The summed E-state index contributed by atoms with van der Waals surface area (Å²) in [6.45, 7) is 7.58. The van der Waals surface area contributed by atoms with Crippen molar-refractivity contribution in [1.82, 2.24) is 0 Å². The first kappa shape index (κ1) is 33.9. The summed E-state index contributed by atoms with van der Waals surface area (Å²) in [4.78, 5) is 12.4. The first-order valence-electron chi connectivity index (χ1n) is 15.7. The Balaban J connectivity index is 3.44. The van der Waals surface area contributed by atoms with Gasteiger partial charge in [0.05, 0.1) is 0 Å². The van der Waals surface area contributed by atoms with Crippen molar-refractivity contribution in [2.24, 2.45) is 0 Å². The van der Waals surface area contributed by atoms with E-state index in [1.807, 2.05) is 14.1 Å². The molecule has 0 aromatic carbocycles. The molecule has 206 valence electrons. The van der Waals surface area contributed by atoms with Gasteiger partial charge in [0.25, 0.3) is 0 Å². The van der Waals surface area contributed by atoms with E-state index in [9.17, 15) is 0 Å². The number of quaternary nitrogens is 1. The maximum absolute atomic E-state index is 6.15. The van der Waals surface area contributed by atoms with Gasteiger partial charge in [-0.1, -0.05) is 155 Å². The molecular weight excluding hydrogens is 418 g/mol. The molecule has 0 aliphatic carbocycles. The van der Waals surface area contributed by atoms with Gasteiger partial charge < -0.3 is 0 Å². The lowest BCUT2D eigenvalue weighted by Crippen LogP contribution is -2.42. The Labute approximate surface area is 216 Å². The highest BCUT2D eigenvalue weighted by atomic mass is 17.0. The smallest absolute Gasteiger partial charge is 0.132 e. The van der Waals surface area contributed by atoms with Gasteiger partial charge in [-0.15, -0.1) is 0 Å². The average molecular weight is 485 g/mol. The Hall–Kier alpha value is -0.120. The lowest BCUT2D eigenvalue weighted by molar-refractivity contribution is -1.23. The fraction of sp³-hybridized carbons (Fsp3) is 1.00. The largest absolute Gasteiger partial charge is 0.169 e. The summed E-state index contributed by atoms with van der Waals surface area (Å²) in [6.07, 6.45) is 33.3. The molecule has 3 heteroatoms. The molecule has 1 atom stereocenters. The minimum absolute atomic E-state index is 0.233. The van der Waals surface area contributed by atoms with Crippen molar-refractivity contribution in [3.63, 3.8) is 0 Å². The van der Waals surface area contributed by atoms with Gasteiger partial charge in [-0.3, -0.25) is 0 Å². The predicted octanol–water partition coefficient (Wildman–Crippen LogP) is 10.7. The summed E-state index contributed by atoms with van der Waals surface area (Å²) in [5, 5.41) is 0. The number of nitrogens with zero attached hydrogens (tertiary/aromatic N) is 1. The van der Waals surface area contributed by atoms with E-state index in [4.69, 9.17) is 9.68 Å². The van der Waals surface area contributed by atoms with E-state index in [0.717, 1.165) is 19.4 Å². The molecule has 34 heavy (non-hydrogen) atoms. The van der Waals surface area contributed by atoms with Gasteiger partial charge in [0.2, 0.25) is 0 Å². The summed E-state index contributed by atoms with van der Waals surface area (Å²) < 4.78 is 0. The number of hydrogen-bond donors (Lipinski definition) is 0. The molecule has 0 saturated carbocycles. The van der Waals surface area contributed by atoms with Crippen LogP contribution < -0.4 is 0 Å². The van der Waals surface area contributed by atoms with Crippen LogP contribution in [-0.2, 0) is 9.68 Å². The highest BCUT2D eigenvalue weighted by Gasteiger charge is 2.22.